The molecule has 0 spiro atoms. The molecule has 0 saturated carbocycles. The number of thioether (sulfide) groups is 1. The number of hydrogen-bond donors (Lipinski definition) is 1. The summed E-state index contributed by atoms with van der Waals surface area (Å²) in [4.78, 5) is 26.1. The number of hydrogen-bond acceptors (Lipinski definition) is 7. The van der Waals surface area contributed by atoms with Crippen molar-refractivity contribution in [2.45, 2.75) is 5.03 Å². The van der Waals surface area contributed by atoms with Gasteiger partial charge in [0.15, 0.2) is 5.13 Å². The predicted molar refractivity (Wildman–Crippen MR) is 104 cm³/mol. The van der Waals surface area contributed by atoms with E-state index in [-0.39, 0.29) is 11.7 Å². The van der Waals surface area contributed by atoms with Gasteiger partial charge in [-0.05, 0) is 11.4 Å². The Kier molecular flexibility index (Phi) is 4.73. The van der Waals surface area contributed by atoms with Crippen molar-refractivity contribution in [1.82, 2.24) is 15.0 Å². The van der Waals surface area contributed by atoms with E-state index in [9.17, 15) is 4.79 Å². The van der Waals surface area contributed by atoms with Crippen molar-refractivity contribution in [3.63, 3.8) is 0 Å². The molecule has 5 nitrogen and oxygen atoms in total. The topological polar surface area (TPSA) is 67.8 Å². The van der Waals surface area contributed by atoms with Crippen LogP contribution in [0, 0.1) is 0 Å². The fourth-order valence-electron chi connectivity index (χ4n) is 2.24. The van der Waals surface area contributed by atoms with E-state index in [0.717, 1.165) is 26.5 Å². The van der Waals surface area contributed by atoms with Gasteiger partial charge < -0.3 is 5.32 Å². The highest BCUT2D eigenvalue weighted by Crippen LogP contribution is 2.28. The number of thiophene rings is 1. The third-order valence-electron chi connectivity index (χ3n) is 3.39. The van der Waals surface area contributed by atoms with Gasteiger partial charge in [0.25, 0.3) is 0 Å². The summed E-state index contributed by atoms with van der Waals surface area (Å²) < 4.78 is 0. The number of nitrogens with zero attached hydrogens (tertiary/aromatic N) is 3. The summed E-state index contributed by atoms with van der Waals surface area (Å²) in [5, 5.41) is 9.19. The summed E-state index contributed by atoms with van der Waals surface area (Å²) in [5.74, 6) is 0.184. The Bertz CT molecular complexity index is 1010. The molecule has 4 aromatic rings. The number of aromatic nitrogens is 3. The lowest BCUT2D eigenvalue weighted by atomic mass is 10.2. The zero-order valence-electron chi connectivity index (χ0n) is 12.9. The van der Waals surface area contributed by atoms with Crippen LogP contribution in [0.4, 0.5) is 5.13 Å². The van der Waals surface area contributed by atoms with Crippen LogP contribution in [0.1, 0.15) is 0 Å². The molecule has 0 fully saturated rings. The maximum Gasteiger partial charge on any atom is 0.236 e. The van der Waals surface area contributed by atoms with Crippen LogP contribution >= 0.6 is 34.4 Å². The van der Waals surface area contributed by atoms with Gasteiger partial charge >= 0.3 is 0 Å². The van der Waals surface area contributed by atoms with Crippen molar-refractivity contribution in [1.29, 1.82) is 0 Å². The molecule has 3 aromatic heterocycles. The van der Waals surface area contributed by atoms with E-state index < -0.39 is 0 Å². The number of carbonyl (C=O) groups excluding carboxylic acids is 1. The van der Waals surface area contributed by atoms with Crippen molar-refractivity contribution in [2.75, 3.05) is 11.1 Å². The Morgan fingerprint density at radius 3 is 2.88 bits per heavy atom. The van der Waals surface area contributed by atoms with Crippen molar-refractivity contribution in [2.24, 2.45) is 0 Å². The first-order valence-electron chi connectivity index (χ1n) is 7.41. The number of benzene rings is 1. The van der Waals surface area contributed by atoms with Gasteiger partial charge in [-0.25, -0.2) is 15.0 Å². The molecule has 0 saturated heterocycles. The molecule has 0 aliphatic rings. The molecule has 3 heterocycles. The fourth-order valence-corrected chi connectivity index (χ4v) is 4.56. The summed E-state index contributed by atoms with van der Waals surface area (Å²) >= 11 is 4.39. The van der Waals surface area contributed by atoms with E-state index in [0.29, 0.717) is 5.13 Å². The highest BCUT2D eigenvalue weighted by atomic mass is 32.2. The standard InChI is InChI=1S/C17H12N4OS3/c22-14(9-24-16-12-6-7-23-15(12)18-10-19-16)21-17-20-13(8-25-17)11-4-2-1-3-5-11/h1-8,10H,9H2,(H,20,21,22). The quantitative estimate of drug-likeness (QED) is 0.404. The third-order valence-corrected chi connectivity index (χ3v) is 5.97. The average molecular weight is 385 g/mol. The van der Waals surface area contributed by atoms with Gasteiger partial charge in [0.1, 0.15) is 16.2 Å². The lowest BCUT2D eigenvalue weighted by Gasteiger charge is -2.02. The zero-order valence-corrected chi connectivity index (χ0v) is 15.3. The maximum atomic E-state index is 12.2. The molecule has 8 heteroatoms. The summed E-state index contributed by atoms with van der Waals surface area (Å²) in [6, 6.07) is 11.9. The third kappa shape index (κ3) is 3.71. The Balaban J connectivity index is 1.40. The van der Waals surface area contributed by atoms with Gasteiger partial charge in [0.05, 0.1) is 11.4 Å². The summed E-state index contributed by atoms with van der Waals surface area (Å²) in [6.45, 7) is 0. The van der Waals surface area contributed by atoms with Gasteiger partial charge in [-0.2, -0.15) is 0 Å². The molecule has 0 radical (unpaired) electrons. The number of amides is 1. The largest absolute Gasteiger partial charge is 0.301 e. The lowest BCUT2D eigenvalue weighted by molar-refractivity contribution is -0.113. The fraction of sp³-hybridized carbons (Fsp3) is 0.0588. The maximum absolute atomic E-state index is 12.2. The molecule has 0 unspecified atom stereocenters. The zero-order chi connectivity index (χ0) is 17.1. The van der Waals surface area contributed by atoms with Gasteiger partial charge in [-0.15, -0.1) is 22.7 Å². The molecule has 124 valence electrons. The van der Waals surface area contributed by atoms with E-state index in [1.807, 2.05) is 47.2 Å². The molecule has 0 aliphatic carbocycles. The minimum Gasteiger partial charge on any atom is -0.301 e. The van der Waals surface area contributed by atoms with Crippen molar-refractivity contribution >= 4 is 55.7 Å². The molecule has 1 amide bonds. The molecular weight excluding hydrogens is 372 g/mol. The monoisotopic (exact) mass is 384 g/mol. The molecule has 4 rings (SSSR count). The van der Waals surface area contributed by atoms with E-state index in [1.54, 1.807) is 11.3 Å². The Labute approximate surface area is 156 Å². The minimum atomic E-state index is -0.0963. The summed E-state index contributed by atoms with van der Waals surface area (Å²) in [6.07, 6.45) is 1.53. The van der Waals surface area contributed by atoms with Crippen molar-refractivity contribution < 1.29 is 4.79 Å². The number of fused-ring (bicyclic) bond motifs is 1. The van der Waals surface area contributed by atoms with Crippen molar-refractivity contribution in [3.05, 3.63) is 53.5 Å². The molecule has 0 atom stereocenters. The molecular formula is C17H12N4OS3. The van der Waals surface area contributed by atoms with E-state index in [4.69, 9.17) is 0 Å². The number of anilines is 1. The normalized spacial score (nSPS) is 10.9. The number of rotatable bonds is 5. The van der Waals surface area contributed by atoms with Gasteiger partial charge in [0, 0.05) is 16.3 Å². The lowest BCUT2D eigenvalue weighted by Crippen LogP contribution is -2.13. The second-order valence-electron chi connectivity index (χ2n) is 5.06. The smallest absolute Gasteiger partial charge is 0.236 e. The van der Waals surface area contributed by atoms with E-state index in [2.05, 4.69) is 20.3 Å². The van der Waals surface area contributed by atoms with Crippen LogP contribution in [-0.2, 0) is 4.79 Å². The van der Waals surface area contributed by atoms with Crippen LogP contribution in [0.2, 0.25) is 0 Å². The van der Waals surface area contributed by atoms with E-state index >= 15 is 0 Å². The molecule has 1 aromatic carbocycles. The highest BCUT2D eigenvalue weighted by molar-refractivity contribution is 8.00. The predicted octanol–water partition coefficient (Wildman–Crippen LogP) is 4.55. The first-order chi connectivity index (χ1) is 12.3. The summed E-state index contributed by atoms with van der Waals surface area (Å²) in [5.41, 5.74) is 1.90. The Hall–Kier alpha value is -2.29. The van der Waals surface area contributed by atoms with Crippen LogP contribution in [0.5, 0.6) is 0 Å². The van der Waals surface area contributed by atoms with E-state index in [1.165, 1.54) is 29.4 Å². The number of carbonyl (C=O) groups is 1. The SMILES string of the molecule is O=C(CSc1ncnc2sccc12)Nc1nc(-c2ccccc2)cs1. The second kappa shape index (κ2) is 7.30. The molecule has 0 bridgehead atoms. The van der Waals surface area contributed by atoms with Gasteiger partial charge in [0.2, 0.25) is 5.91 Å². The van der Waals surface area contributed by atoms with Crippen LogP contribution in [-0.4, -0.2) is 26.6 Å². The Morgan fingerprint density at radius 1 is 1.12 bits per heavy atom. The van der Waals surface area contributed by atoms with Gasteiger partial charge in [-0.1, -0.05) is 42.1 Å². The molecule has 1 N–H and O–H groups in total. The number of nitrogens with one attached hydrogen (secondary N) is 1. The molecule has 25 heavy (non-hydrogen) atoms. The average Bonchev–Trinajstić information content (AvgIpc) is 3.30. The Morgan fingerprint density at radius 2 is 2.00 bits per heavy atom. The second-order valence-corrected chi connectivity index (χ2v) is 7.78. The summed E-state index contributed by atoms with van der Waals surface area (Å²) in [7, 11) is 0. The van der Waals surface area contributed by atoms with Crippen LogP contribution in [0.25, 0.3) is 21.5 Å². The number of thiazole rings is 1. The first-order valence-corrected chi connectivity index (χ1v) is 10.2. The van der Waals surface area contributed by atoms with Crippen LogP contribution in [0.15, 0.2) is 58.5 Å². The highest BCUT2D eigenvalue weighted by Gasteiger charge is 2.11. The molecule has 0 aliphatic heterocycles. The minimum absolute atomic E-state index is 0.0963. The van der Waals surface area contributed by atoms with Crippen LogP contribution < -0.4 is 5.32 Å². The van der Waals surface area contributed by atoms with Crippen molar-refractivity contribution in [3.8, 4) is 11.3 Å². The van der Waals surface area contributed by atoms with Crippen LogP contribution in [0.3, 0.4) is 0 Å². The van der Waals surface area contributed by atoms with Gasteiger partial charge in [-0.3, -0.25) is 4.79 Å². The first kappa shape index (κ1) is 16.2.